The number of carbonyl (C=O) groups is 4. The van der Waals surface area contributed by atoms with Crippen molar-refractivity contribution < 1.29 is 24.3 Å². The van der Waals surface area contributed by atoms with Gasteiger partial charge in [0.05, 0.1) is 0 Å². The van der Waals surface area contributed by atoms with E-state index in [9.17, 15) is 19.2 Å². The average Bonchev–Trinajstić information content (AvgIpc) is 2.89. The molecule has 1 atom stereocenters. The predicted octanol–water partition coefficient (Wildman–Crippen LogP) is 3.86. The SMILES string of the molecule is O=C(O)CC[C@H](NC(=O)c1ccc(/C=C/C(=O)c2ccccc2)cc1)C(=O)NCc1ccccc1. The fourth-order valence-corrected chi connectivity index (χ4v) is 3.30. The minimum absolute atomic E-state index is 0.0376. The fraction of sp³-hybridized carbons (Fsp3) is 0.143. The summed E-state index contributed by atoms with van der Waals surface area (Å²) in [7, 11) is 0. The Bertz CT molecular complexity index is 1190. The van der Waals surface area contributed by atoms with Crippen LogP contribution in [0.4, 0.5) is 0 Å². The lowest BCUT2D eigenvalue weighted by Crippen LogP contribution is -2.46. The first-order valence-electron chi connectivity index (χ1n) is 11.1. The highest BCUT2D eigenvalue weighted by atomic mass is 16.4. The number of allylic oxidation sites excluding steroid dienone is 1. The zero-order valence-corrected chi connectivity index (χ0v) is 19.0. The van der Waals surface area contributed by atoms with Gasteiger partial charge in [-0.2, -0.15) is 0 Å². The molecule has 3 aromatic rings. The molecular weight excluding hydrogens is 444 g/mol. The summed E-state index contributed by atoms with van der Waals surface area (Å²) >= 11 is 0. The van der Waals surface area contributed by atoms with Gasteiger partial charge in [0.2, 0.25) is 5.91 Å². The monoisotopic (exact) mass is 470 g/mol. The third-order valence-electron chi connectivity index (χ3n) is 5.24. The third-order valence-corrected chi connectivity index (χ3v) is 5.24. The number of hydrogen-bond donors (Lipinski definition) is 3. The predicted molar refractivity (Wildman–Crippen MR) is 133 cm³/mol. The van der Waals surface area contributed by atoms with Crippen LogP contribution >= 0.6 is 0 Å². The van der Waals surface area contributed by atoms with Crippen molar-refractivity contribution in [3.8, 4) is 0 Å². The second kappa shape index (κ2) is 12.6. The van der Waals surface area contributed by atoms with E-state index in [1.807, 2.05) is 36.4 Å². The van der Waals surface area contributed by atoms with Gasteiger partial charge in [-0.05, 0) is 35.8 Å². The molecule has 0 heterocycles. The Morgan fingerprint density at radius 3 is 2.06 bits per heavy atom. The van der Waals surface area contributed by atoms with Crippen molar-refractivity contribution >= 4 is 29.6 Å². The molecule has 2 amide bonds. The molecule has 3 N–H and O–H groups in total. The van der Waals surface area contributed by atoms with Gasteiger partial charge in [-0.15, -0.1) is 0 Å². The first-order valence-corrected chi connectivity index (χ1v) is 11.1. The maximum atomic E-state index is 12.7. The largest absolute Gasteiger partial charge is 0.481 e. The van der Waals surface area contributed by atoms with Crippen molar-refractivity contribution in [1.82, 2.24) is 10.6 Å². The number of rotatable bonds is 11. The van der Waals surface area contributed by atoms with E-state index in [2.05, 4.69) is 10.6 Å². The lowest BCUT2D eigenvalue weighted by atomic mass is 10.1. The fourth-order valence-electron chi connectivity index (χ4n) is 3.30. The van der Waals surface area contributed by atoms with E-state index >= 15 is 0 Å². The van der Waals surface area contributed by atoms with E-state index in [4.69, 9.17) is 5.11 Å². The van der Waals surface area contributed by atoms with Crippen LogP contribution in [0.1, 0.15) is 44.7 Å². The Balaban J connectivity index is 1.61. The molecule has 178 valence electrons. The minimum atomic E-state index is -1.05. The molecule has 0 aliphatic heterocycles. The second-order valence-corrected chi connectivity index (χ2v) is 7.85. The van der Waals surface area contributed by atoms with E-state index in [0.29, 0.717) is 11.1 Å². The van der Waals surface area contributed by atoms with Crippen molar-refractivity contribution in [1.29, 1.82) is 0 Å². The molecule has 0 aliphatic rings. The highest BCUT2D eigenvalue weighted by Crippen LogP contribution is 2.10. The Morgan fingerprint density at radius 2 is 1.43 bits per heavy atom. The van der Waals surface area contributed by atoms with Crippen LogP contribution in [0.3, 0.4) is 0 Å². The number of carboxylic acids is 1. The number of hydrogen-bond acceptors (Lipinski definition) is 4. The first-order chi connectivity index (χ1) is 16.9. The van der Waals surface area contributed by atoms with Gasteiger partial charge in [0.15, 0.2) is 5.78 Å². The van der Waals surface area contributed by atoms with Crippen LogP contribution in [0.2, 0.25) is 0 Å². The van der Waals surface area contributed by atoms with Crippen molar-refractivity contribution in [2.75, 3.05) is 0 Å². The summed E-state index contributed by atoms with van der Waals surface area (Å²) in [6.07, 6.45) is 2.82. The molecule has 7 nitrogen and oxygen atoms in total. The van der Waals surface area contributed by atoms with Gasteiger partial charge in [-0.1, -0.05) is 78.9 Å². The van der Waals surface area contributed by atoms with Crippen molar-refractivity contribution in [2.24, 2.45) is 0 Å². The first kappa shape index (κ1) is 25.1. The smallest absolute Gasteiger partial charge is 0.303 e. The molecule has 0 aliphatic carbocycles. The topological polar surface area (TPSA) is 113 Å². The summed E-state index contributed by atoms with van der Waals surface area (Å²) in [6, 6.07) is 23.7. The molecule has 0 saturated carbocycles. The zero-order chi connectivity index (χ0) is 25.0. The molecule has 3 aromatic carbocycles. The number of aliphatic carboxylic acids is 1. The van der Waals surface area contributed by atoms with Gasteiger partial charge in [0.25, 0.3) is 5.91 Å². The van der Waals surface area contributed by atoms with Gasteiger partial charge in [0.1, 0.15) is 6.04 Å². The van der Waals surface area contributed by atoms with Crippen molar-refractivity contribution in [2.45, 2.75) is 25.4 Å². The van der Waals surface area contributed by atoms with Crippen molar-refractivity contribution in [3.05, 3.63) is 113 Å². The Labute approximate surface area is 203 Å². The van der Waals surface area contributed by atoms with Crippen LogP contribution in [0.5, 0.6) is 0 Å². The van der Waals surface area contributed by atoms with Crippen LogP contribution in [0.25, 0.3) is 6.08 Å². The summed E-state index contributed by atoms with van der Waals surface area (Å²) in [5.74, 6) is -2.13. The van der Waals surface area contributed by atoms with Crippen LogP contribution < -0.4 is 10.6 Å². The molecule has 35 heavy (non-hydrogen) atoms. The normalized spacial score (nSPS) is 11.5. The van der Waals surface area contributed by atoms with Gasteiger partial charge in [-0.3, -0.25) is 19.2 Å². The third kappa shape index (κ3) is 8.08. The molecule has 0 radical (unpaired) electrons. The number of nitrogens with one attached hydrogen (secondary N) is 2. The minimum Gasteiger partial charge on any atom is -0.481 e. The maximum absolute atomic E-state index is 12.7. The molecule has 0 aromatic heterocycles. The molecule has 0 saturated heterocycles. The Morgan fingerprint density at radius 1 is 0.800 bits per heavy atom. The standard InChI is InChI=1S/C28H26N2O5/c31-25(22-9-5-2-6-10-22)17-13-20-11-14-23(15-12-20)27(34)30-24(16-18-26(32)33)28(35)29-19-21-7-3-1-4-8-21/h1-15,17,24H,16,18-19H2,(H,29,35)(H,30,34)(H,32,33)/b17-13+/t24-/m0/s1. The average molecular weight is 471 g/mol. The molecule has 0 bridgehead atoms. The van der Waals surface area contributed by atoms with Crippen LogP contribution in [0, 0.1) is 0 Å². The summed E-state index contributed by atoms with van der Waals surface area (Å²) in [5, 5.41) is 14.4. The summed E-state index contributed by atoms with van der Waals surface area (Å²) in [6.45, 7) is 0.266. The van der Waals surface area contributed by atoms with Gasteiger partial charge in [-0.25, -0.2) is 0 Å². The summed E-state index contributed by atoms with van der Waals surface area (Å²) in [5.41, 5.74) is 2.51. The van der Waals surface area contributed by atoms with E-state index in [1.165, 1.54) is 6.08 Å². The molecule has 0 spiro atoms. The Kier molecular flexibility index (Phi) is 9.07. The van der Waals surface area contributed by atoms with Crippen LogP contribution in [-0.2, 0) is 16.1 Å². The summed E-state index contributed by atoms with van der Waals surface area (Å²) < 4.78 is 0. The molecule has 0 fully saturated rings. The van der Waals surface area contributed by atoms with E-state index < -0.39 is 23.8 Å². The number of carbonyl (C=O) groups excluding carboxylic acids is 3. The number of ketones is 1. The highest BCUT2D eigenvalue weighted by Gasteiger charge is 2.22. The van der Waals surface area contributed by atoms with E-state index in [1.54, 1.807) is 54.6 Å². The van der Waals surface area contributed by atoms with E-state index in [0.717, 1.165) is 11.1 Å². The quantitative estimate of drug-likeness (QED) is 0.291. The molecule has 0 unspecified atom stereocenters. The molecule has 7 heteroatoms. The lowest BCUT2D eigenvalue weighted by Gasteiger charge is -2.18. The van der Waals surface area contributed by atoms with E-state index in [-0.39, 0.29) is 25.2 Å². The number of amides is 2. The van der Waals surface area contributed by atoms with Gasteiger partial charge < -0.3 is 15.7 Å². The number of carboxylic acid groups (broad SMARTS) is 1. The summed E-state index contributed by atoms with van der Waals surface area (Å²) in [4.78, 5) is 48.6. The zero-order valence-electron chi connectivity index (χ0n) is 19.0. The van der Waals surface area contributed by atoms with Crippen LogP contribution in [0.15, 0.2) is 91.0 Å². The van der Waals surface area contributed by atoms with Gasteiger partial charge in [0, 0.05) is 24.1 Å². The maximum Gasteiger partial charge on any atom is 0.303 e. The molecule has 3 rings (SSSR count). The Hall–Kier alpha value is -4.52. The van der Waals surface area contributed by atoms with Crippen LogP contribution in [-0.4, -0.2) is 34.7 Å². The lowest BCUT2D eigenvalue weighted by molar-refractivity contribution is -0.137. The van der Waals surface area contributed by atoms with Gasteiger partial charge >= 0.3 is 5.97 Å². The van der Waals surface area contributed by atoms with Crippen molar-refractivity contribution in [3.63, 3.8) is 0 Å². The number of benzene rings is 3. The highest BCUT2D eigenvalue weighted by molar-refractivity contribution is 6.06. The molecular formula is C28H26N2O5. The second-order valence-electron chi connectivity index (χ2n) is 7.85.